The predicted octanol–water partition coefficient (Wildman–Crippen LogP) is 5.37. The number of amides is 1. The first kappa shape index (κ1) is 20.7. The number of allylic oxidation sites excluding steroid dienone is 2. The molecule has 1 aromatic heterocycles. The fourth-order valence-corrected chi connectivity index (χ4v) is 8.16. The van der Waals surface area contributed by atoms with Gasteiger partial charge in [-0.2, -0.15) is 0 Å². The van der Waals surface area contributed by atoms with Gasteiger partial charge in [0.1, 0.15) is 0 Å². The van der Waals surface area contributed by atoms with E-state index < -0.39 is 15.0 Å². The molecule has 0 bridgehead atoms. The van der Waals surface area contributed by atoms with E-state index in [1.54, 1.807) is 16.8 Å². The summed E-state index contributed by atoms with van der Waals surface area (Å²) in [6, 6.07) is 5.50. The van der Waals surface area contributed by atoms with Crippen LogP contribution in [0.15, 0.2) is 38.2 Å². The molecule has 9 heteroatoms. The zero-order chi connectivity index (χ0) is 19.8. The Bertz CT molecular complexity index is 1010. The van der Waals surface area contributed by atoms with Gasteiger partial charge in [0, 0.05) is 0 Å². The van der Waals surface area contributed by atoms with Crippen LogP contribution in [-0.2, 0) is 0 Å². The molecule has 1 N–H and O–H groups in total. The van der Waals surface area contributed by atoms with E-state index in [0.29, 0.717) is 25.9 Å². The molecule has 1 amide bonds. The molecule has 1 saturated carbocycles. The Hall–Kier alpha value is -0.561. The van der Waals surface area contributed by atoms with E-state index in [2.05, 4.69) is 54.4 Å². The first-order valence-electron chi connectivity index (χ1n) is 8.83. The van der Waals surface area contributed by atoms with E-state index in [-0.39, 0.29) is 11.9 Å². The van der Waals surface area contributed by atoms with Crippen LogP contribution in [0.3, 0.4) is 0 Å². The van der Waals surface area contributed by atoms with E-state index in [0.717, 1.165) is 35.8 Å². The first-order chi connectivity index (χ1) is 13.4. The minimum atomic E-state index is -0.530. The van der Waals surface area contributed by atoms with E-state index >= 15 is 0 Å². The molecule has 1 aliphatic heterocycles. The Balaban J connectivity index is 1.78. The van der Waals surface area contributed by atoms with Gasteiger partial charge in [0.2, 0.25) is 0 Å². The summed E-state index contributed by atoms with van der Waals surface area (Å²) >= 11 is 19.2. The van der Waals surface area contributed by atoms with Gasteiger partial charge in [-0.1, -0.05) is 0 Å². The van der Waals surface area contributed by atoms with Crippen LogP contribution in [0.1, 0.15) is 41.9 Å². The van der Waals surface area contributed by atoms with E-state index in [4.69, 9.17) is 23.2 Å². The second-order valence-electron chi connectivity index (χ2n) is 6.69. The molecule has 0 atom stereocenters. The number of benzene rings is 1. The molecule has 1 fully saturated rings. The zero-order valence-corrected chi connectivity index (χ0v) is 21.4. The van der Waals surface area contributed by atoms with Gasteiger partial charge in [-0.05, 0) is 0 Å². The van der Waals surface area contributed by atoms with Gasteiger partial charge in [-0.15, -0.1) is 0 Å². The van der Waals surface area contributed by atoms with Gasteiger partial charge in [-0.25, -0.2) is 0 Å². The summed E-state index contributed by atoms with van der Waals surface area (Å²) in [5.74, 6) is -0.158. The first-order valence-corrected chi connectivity index (χ1v) is 13.3. The Labute approximate surface area is 196 Å². The van der Waals surface area contributed by atoms with Crippen molar-refractivity contribution in [3.63, 3.8) is 0 Å². The van der Waals surface area contributed by atoms with E-state index in [1.165, 1.54) is 3.38 Å². The third kappa shape index (κ3) is 4.16. The maximum absolute atomic E-state index is 12.9. The Morgan fingerprint density at radius 2 is 1.96 bits per heavy atom. The summed E-state index contributed by atoms with van der Waals surface area (Å²) in [4.78, 5) is 12.9. The summed E-state index contributed by atoms with van der Waals surface area (Å²) in [5.41, 5.74) is 1.94. The number of carbonyl (C=O) groups is 1. The van der Waals surface area contributed by atoms with Crippen molar-refractivity contribution in [3.05, 3.63) is 59.6 Å². The molecule has 2 aromatic rings. The summed E-state index contributed by atoms with van der Waals surface area (Å²) in [5, 5.41) is 8.81. The number of nitrogens with one attached hydrogen (secondary N) is 1. The summed E-state index contributed by atoms with van der Waals surface area (Å²) < 4.78 is 4.80. The van der Waals surface area contributed by atoms with Crippen LogP contribution in [0, 0.1) is 0 Å². The summed E-state index contributed by atoms with van der Waals surface area (Å²) in [6.45, 7) is 0. The van der Waals surface area contributed by atoms with Crippen molar-refractivity contribution in [3.8, 4) is 5.69 Å². The van der Waals surface area contributed by atoms with Crippen LogP contribution in [0.2, 0.25) is 10.0 Å². The summed E-state index contributed by atoms with van der Waals surface area (Å²) in [6.07, 6.45) is 8.49. The molecule has 0 radical (unpaired) electrons. The predicted molar refractivity (Wildman–Crippen MR) is 125 cm³/mol. The molecule has 4 rings (SSSR count). The molecule has 0 saturated heterocycles. The third-order valence-electron chi connectivity index (χ3n) is 4.78. The van der Waals surface area contributed by atoms with Crippen molar-refractivity contribution in [2.45, 2.75) is 31.7 Å². The molecule has 1 aliphatic carbocycles. The van der Waals surface area contributed by atoms with Gasteiger partial charge >= 0.3 is 197 Å². The van der Waals surface area contributed by atoms with Gasteiger partial charge in [0.15, 0.2) is 0 Å². The van der Waals surface area contributed by atoms with E-state index in [9.17, 15) is 4.79 Å². The standard InChI is InChI=1S/C19H17Br2Cl2N3OSe/c20-15-8-7-14(28-15)18-16(21)17(19(27)24-11-3-1-2-4-11)25-26(18)13-6-5-10(22)9-12(13)23/h5-9,11H,1-4,28H2,(H,24,27). The molecule has 0 unspecified atom stereocenters. The van der Waals surface area contributed by atoms with Crippen LogP contribution in [0.5, 0.6) is 0 Å². The van der Waals surface area contributed by atoms with Gasteiger partial charge in [0.25, 0.3) is 0 Å². The van der Waals surface area contributed by atoms with Crippen LogP contribution in [0.25, 0.3) is 10.2 Å². The number of aromatic nitrogens is 2. The second-order valence-corrected chi connectivity index (χ2v) is 13.5. The molecule has 4 nitrogen and oxygen atoms in total. The van der Waals surface area contributed by atoms with Gasteiger partial charge < -0.3 is 0 Å². The van der Waals surface area contributed by atoms with Crippen molar-refractivity contribution in [1.82, 2.24) is 15.1 Å². The van der Waals surface area contributed by atoms with Crippen molar-refractivity contribution in [2.75, 3.05) is 0 Å². The summed E-state index contributed by atoms with van der Waals surface area (Å²) in [7, 11) is 0. The third-order valence-corrected chi connectivity index (χ3v) is 9.62. The maximum atomic E-state index is 12.9. The SMILES string of the molecule is O=C(NC1CCCC1)c1nn(-c2ccc(Cl)cc2Cl)c(C2=CC=C(Br)[SeH2]2)c1Br. The Morgan fingerprint density at radius 3 is 2.61 bits per heavy atom. The topological polar surface area (TPSA) is 46.9 Å². The Morgan fingerprint density at radius 1 is 1.21 bits per heavy atom. The van der Waals surface area contributed by atoms with Crippen LogP contribution in [-0.4, -0.2) is 36.7 Å². The van der Waals surface area contributed by atoms with E-state index in [1.807, 2.05) is 6.07 Å². The van der Waals surface area contributed by atoms with Crippen molar-refractivity contribution < 1.29 is 4.79 Å². The minimum absolute atomic E-state index is 0.158. The number of nitrogens with zero attached hydrogens (tertiary/aromatic N) is 2. The number of hydrogen-bond donors (Lipinski definition) is 1. The average Bonchev–Trinajstić information content (AvgIpc) is 3.36. The molecular formula is C19H17Br2Cl2N3OSe. The molecule has 0 spiro atoms. The van der Waals surface area contributed by atoms with Crippen LogP contribution >= 0.6 is 55.1 Å². The number of halogens is 4. The fourth-order valence-electron chi connectivity index (χ4n) is 3.43. The molecule has 148 valence electrons. The monoisotopic (exact) mass is 611 g/mol. The molecule has 28 heavy (non-hydrogen) atoms. The Kier molecular flexibility index (Phi) is 6.41. The zero-order valence-electron chi connectivity index (χ0n) is 14.6. The van der Waals surface area contributed by atoms with Crippen molar-refractivity contribution >= 4 is 80.4 Å². The molecule has 1 aromatic carbocycles. The second kappa shape index (κ2) is 8.66. The molecule has 2 heterocycles. The quantitative estimate of drug-likeness (QED) is 0.472. The van der Waals surface area contributed by atoms with Crippen molar-refractivity contribution in [2.24, 2.45) is 0 Å². The number of carbonyl (C=O) groups excluding carboxylic acids is 1. The van der Waals surface area contributed by atoms with Gasteiger partial charge in [-0.3, -0.25) is 0 Å². The number of rotatable bonds is 4. The average molecular weight is 613 g/mol. The van der Waals surface area contributed by atoms with Crippen LogP contribution in [0.4, 0.5) is 0 Å². The fraction of sp³-hybridized carbons (Fsp3) is 0.263. The van der Waals surface area contributed by atoms with Crippen LogP contribution < -0.4 is 5.32 Å². The van der Waals surface area contributed by atoms with Gasteiger partial charge in [0.05, 0.1) is 0 Å². The molecule has 2 aliphatic rings. The molecular weight excluding hydrogens is 596 g/mol. The number of hydrogen-bond acceptors (Lipinski definition) is 2. The normalized spacial score (nSPS) is 18.4. The van der Waals surface area contributed by atoms with Crippen molar-refractivity contribution in [1.29, 1.82) is 0 Å².